The van der Waals surface area contributed by atoms with Crippen LogP contribution in [0.5, 0.6) is 11.5 Å². The molecular weight excluding hydrogens is 425 g/mol. The number of benzene rings is 1. The van der Waals surface area contributed by atoms with Gasteiger partial charge in [-0.25, -0.2) is 0 Å². The molecule has 2 aromatic rings. The smallest absolute Gasteiger partial charge is 0.191 e. The van der Waals surface area contributed by atoms with E-state index in [-0.39, 0.29) is 29.7 Å². The second kappa shape index (κ2) is 10.3. The number of halogens is 1. The molecule has 0 saturated heterocycles. The monoisotopic (exact) mass is 447 g/mol. The van der Waals surface area contributed by atoms with Crippen molar-refractivity contribution in [3.8, 4) is 11.5 Å². The first kappa shape index (κ1) is 19.6. The van der Waals surface area contributed by atoms with E-state index in [0.29, 0.717) is 18.7 Å². The second-order valence-corrected chi connectivity index (χ2v) is 5.71. The molecule has 0 bridgehead atoms. The number of thiophene rings is 1. The highest BCUT2D eigenvalue weighted by Crippen LogP contribution is 2.23. The van der Waals surface area contributed by atoms with Crippen LogP contribution in [-0.2, 0) is 13.0 Å². The minimum atomic E-state index is 0. The number of phenolic OH excluding ortho intramolecular Hbond substituents is 1. The number of nitrogens with zero attached hydrogens (tertiary/aromatic N) is 1. The second-order valence-electron chi connectivity index (χ2n) is 4.68. The van der Waals surface area contributed by atoms with E-state index < -0.39 is 0 Å². The summed E-state index contributed by atoms with van der Waals surface area (Å²) >= 11 is 1.71. The predicted molar refractivity (Wildman–Crippen MR) is 106 cm³/mol. The van der Waals surface area contributed by atoms with E-state index in [4.69, 9.17) is 4.74 Å². The number of aliphatic imine (C=N–C) groups is 1. The summed E-state index contributed by atoms with van der Waals surface area (Å²) in [4.78, 5) is 5.44. The zero-order valence-electron chi connectivity index (χ0n) is 13.2. The first-order valence-corrected chi connectivity index (χ1v) is 7.93. The number of ether oxygens (including phenoxy) is 1. The van der Waals surface area contributed by atoms with Gasteiger partial charge in [-0.1, -0.05) is 12.1 Å². The molecule has 2 rings (SSSR count). The van der Waals surface area contributed by atoms with E-state index in [1.807, 2.05) is 18.2 Å². The van der Waals surface area contributed by atoms with Gasteiger partial charge in [0.2, 0.25) is 0 Å². The van der Waals surface area contributed by atoms with Gasteiger partial charge in [0.05, 0.1) is 13.7 Å². The maximum Gasteiger partial charge on any atom is 0.191 e. The third kappa shape index (κ3) is 6.26. The average molecular weight is 447 g/mol. The van der Waals surface area contributed by atoms with Crippen LogP contribution in [0.25, 0.3) is 0 Å². The van der Waals surface area contributed by atoms with Crippen LogP contribution in [0.1, 0.15) is 10.4 Å². The fourth-order valence-electron chi connectivity index (χ4n) is 2.00. The number of aromatic hydroxyl groups is 1. The average Bonchev–Trinajstić information content (AvgIpc) is 3.05. The third-order valence-electron chi connectivity index (χ3n) is 3.21. The molecule has 0 amide bonds. The molecule has 0 radical (unpaired) electrons. The van der Waals surface area contributed by atoms with Gasteiger partial charge < -0.3 is 20.5 Å². The summed E-state index contributed by atoms with van der Waals surface area (Å²) in [5.74, 6) is 1.66. The van der Waals surface area contributed by atoms with Gasteiger partial charge in [0, 0.05) is 24.5 Å². The molecule has 0 unspecified atom stereocenters. The molecule has 1 heterocycles. The first-order valence-electron chi connectivity index (χ1n) is 7.05. The minimum Gasteiger partial charge on any atom is -0.508 e. The predicted octanol–water partition coefficient (Wildman–Crippen LogP) is 2.99. The van der Waals surface area contributed by atoms with E-state index in [1.54, 1.807) is 31.6 Å². The molecule has 5 nitrogen and oxygen atoms in total. The number of rotatable bonds is 6. The Labute approximate surface area is 157 Å². The largest absolute Gasteiger partial charge is 0.508 e. The Hall–Kier alpha value is -1.48. The molecule has 23 heavy (non-hydrogen) atoms. The first-order chi connectivity index (χ1) is 10.7. The van der Waals surface area contributed by atoms with Crippen LogP contribution in [0.2, 0.25) is 0 Å². The van der Waals surface area contributed by atoms with Crippen molar-refractivity contribution in [3.05, 3.63) is 46.2 Å². The highest BCUT2D eigenvalue weighted by molar-refractivity contribution is 14.0. The molecule has 1 aromatic heterocycles. The van der Waals surface area contributed by atoms with E-state index >= 15 is 0 Å². The number of hydrogen-bond acceptors (Lipinski definition) is 4. The Kier molecular flexibility index (Phi) is 8.78. The normalized spacial score (nSPS) is 10.8. The number of guanidine groups is 1. The Morgan fingerprint density at radius 2 is 2.13 bits per heavy atom. The van der Waals surface area contributed by atoms with Crippen LogP contribution in [0.3, 0.4) is 0 Å². The van der Waals surface area contributed by atoms with Gasteiger partial charge in [0.25, 0.3) is 0 Å². The number of phenols is 1. The van der Waals surface area contributed by atoms with Crippen molar-refractivity contribution >= 4 is 41.3 Å². The lowest BCUT2D eigenvalue weighted by molar-refractivity contribution is 0.406. The standard InChI is InChI=1S/C16H21N3O2S.HI/c1-17-16(19-11-14-4-3-9-22-14)18-8-7-12-5-6-13(21-2)10-15(12)20;/h3-6,9-10,20H,7-8,11H2,1-2H3,(H2,17,18,19);1H. The molecule has 7 heteroatoms. The van der Waals surface area contributed by atoms with Crippen molar-refractivity contribution in [1.29, 1.82) is 0 Å². The van der Waals surface area contributed by atoms with E-state index in [9.17, 15) is 5.11 Å². The molecule has 0 fully saturated rings. The molecule has 0 spiro atoms. The Bertz CT molecular complexity index is 618. The van der Waals surface area contributed by atoms with Gasteiger partial charge in [-0.3, -0.25) is 4.99 Å². The molecule has 126 valence electrons. The zero-order valence-corrected chi connectivity index (χ0v) is 16.4. The molecule has 0 saturated carbocycles. The number of nitrogens with one attached hydrogen (secondary N) is 2. The van der Waals surface area contributed by atoms with Crippen LogP contribution in [0, 0.1) is 0 Å². The molecular formula is C16H22IN3O2S. The van der Waals surface area contributed by atoms with Crippen LogP contribution in [0.4, 0.5) is 0 Å². The van der Waals surface area contributed by atoms with Crippen molar-refractivity contribution in [2.24, 2.45) is 4.99 Å². The lowest BCUT2D eigenvalue weighted by atomic mass is 10.1. The van der Waals surface area contributed by atoms with Crippen molar-refractivity contribution in [3.63, 3.8) is 0 Å². The van der Waals surface area contributed by atoms with Gasteiger partial charge in [-0.15, -0.1) is 35.3 Å². The highest BCUT2D eigenvalue weighted by atomic mass is 127. The Balaban J connectivity index is 0.00000264. The summed E-state index contributed by atoms with van der Waals surface area (Å²) in [7, 11) is 3.33. The molecule has 0 aliphatic rings. The van der Waals surface area contributed by atoms with E-state index in [2.05, 4.69) is 27.1 Å². The Morgan fingerprint density at radius 3 is 2.74 bits per heavy atom. The highest BCUT2D eigenvalue weighted by Gasteiger charge is 2.04. The summed E-state index contributed by atoms with van der Waals surface area (Å²) in [6, 6.07) is 9.46. The fraction of sp³-hybridized carbons (Fsp3) is 0.312. The van der Waals surface area contributed by atoms with Crippen molar-refractivity contribution < 1.29 is 9.84 Å². The summed E-state index contributed by atoms with van der Waals surface area (Å²) in [6.45, 7) is 1.44. The van der Waals surface area contributed by atoms with Crippen LogP contribution in [0.15, 0.2) is 40.7 Å². The van der Waals surface area contributed by atoms with Crippen molar-refractivity contribution in [2.45, 2.75) is 13.0 Å². The molecule has 0 aliphatic heterocycles. The topological polar surface area (TPSA) is 65.9 Å². The van der Waals surface area contributed by atoms with E-state index in [1.165, 1.54) is 4.88 Å². The lowest BCUT2D eigenvalue weighted by Crippen LogP contribution is -2.37. The Morgan fingerprint density at radius 1 is 1.30 bits per heavy atom. The molecule has 0 atom stereocenters. The van der Waals surface area contributed by atoms with Gasteiger partial charge in [-0.05, 0) is 29.5 Å². The number of methoxy groups -OCH3 is 1. The zero-order chi connectivity index (χ0) is 15.8. The van der Waals surface area contributed by atoms with Gasteiger partial charge in [0.15, 0.2) is 5.96 Å². The third-order valence-corrected chi connectivity index (χ3v) is 4.09. The van der Waals surface area contributed by atoms with Crippen LogP contribution >= 0.6 is 35.3 Å². The summed E-state index contributed by atoms with van der Waals surface area (Å²) in [5, 5.41) is 18.5. The summed E-state index contributed by atoms with van der Waals surface area (Å²) in [5.41, 5.74) is 0.877. The van der Waals surface area contributed by atoms with Gasteiger partial charge in [0.1, 0.15) is 11.5 Å². The minimum absolute atomic E-state index is 0. The molecule has 3 N–H and O–H groups in total. The maximum absolute atomic E-state index is 9.92. The van der Waals surface area contributed by atoms with Gasteiger partial charge in [-0.2, -0.15) is 0 Å². The van der Waals surface area contributed by atoms with Crippen molar-refractivity contribution in [1.82, 2.24) is 10.6 Å². The maximum atomic E-state index is 9.92. The summed E-state index contributed by atoms with van der Waals surface area (Å²) < 4.78 is 5.07. The fourth-order valence-corrected chi connectivity index (χ4v) is 2.65. The van der Waals surface area contributed by atoms with Gasteiger partial charge >= 0.3 is 0 Å². The quantitative estimate of drug-likeness (QED) is 0.362. The van der Waals surface area contributed by atoms with E-state index in [0.717, 1.165) is 18.1 Å². The van der Waals surface area contributed by atoms with Crippen molar-refractivity contribution in [2.75, 3.05) is 20.7 Å². The SMILES string of the molecule is CN=C(NCCc1ccc(OC)cc1O)NCc1cccs1.I. The molecule has 0 aliphatic carbocycles. The molecule has 1 aromatic carbocycles. The van der Waals surface area contributed by atoms with Crippen LogP contribution in [-0.4, -0.2) is 31.8 Å². The summed E-state index contributed by atoms with van der Waals surface area (Å²) in [6.07, 6.45) is 0.704. The lowest BCUT2D eigenvalue weighted by Gasteiger charge is -2.12. The van der Waals surface area contributed by atoms with Crippen LogP contribution < -0.4 is 15.4 Å². The number of hydrogen-bond donors (Lipinski definition) is 3.